The van der Waals surface area contributed by atoms with Crippen LogP contribution in [0.4, 0.5) is 10.5 Å². The van der Waals surface area contributed by atoms with E-state index in [-0.39, 0.29) is 25.0 Å². The summed E-state index contributed by atoms with van der Waals surface area (Å²) in [6, 6.07) is 16.2. The molecule has 1 fully saturated rings. The van der Waals surface area contributed by atoms with Gasteiger partial charge in [-0.2, -0.15) is 0 Å². The Hall–Kier alpha value is -3.75. The van der Waals surface area contributed by atoms with Crippen LogP contribution < -0.4 is 15.0 Å². The molecule has 0 aromatic heterocycles. The SMILES string of the molecule is CC[C@@H](C)[C@@H](NC(=O)OCc1ccccc1)C(=O)OCC(=O)N1CCN(c2ccc(OC)cc2)CC1. The number of nitrogens with one attached hydrogen (secondary N) is 1. The molecular formula is C27H35N3O6. The topological polar surface area (TPSA) is 97.4 Å². The van der Waals surface area contributed by atoms with Crippen LogP contribution in [0.3, 0.4) is 0 Å². The van der Waals surface area contributed by atoms with Gasteiger partial charge in [-0.05, 0) is 35.7 Å². The maximum atomic E-state index is 12.7. The Morgan fingerprint density at radius 1 is 0.944 bits per heavy atom. The summed E-state index contributed by atoms with van der Waals surface area (Å²) in [5, 5.41) is 2.60. The molecular weight excluding hydrogens is 462 g/mol. The largest absolute Gasteiger partial charge is 0.497 e. The third-order valence-corrected chi connectivity index (χ3v) is 6.36. The fraction of sp³-hybridized carbons (Fsp3) is 0.444. The van der Waals surface area contributed by atoms with Crippen LogP contribution in [-0.4, -0.2) is 68.8 Å². The zero-order valence-corrected chi connectivity index (χ0v) is 21.1. The standard InChI is InChI=1S/C27H35N3O6/c1-4-20(2)25(28-27(33)36-18-21-8-6-5-7-9-21)26(32)35-19-24(31)30-16-14-29(15-17-30)22-10-12-23(34-3)13-11-22/h5-13,20,25H,4,14-19H2,1-3H3,(H,28,33)/t20-,25-/m1/s1. The fourth-order valence-corrected chi connectivity index (χ4v) is 3.88. The highest BCUT2D eigenvalue weighted by molar-refractivity contribution is 5.85. The molecule has 0 aliphatic carbocycles. The van der Waals surface area contributed by atoms with Crippen molar-refractivity contribution in [2.24, 2.45) is 5.92 Å². The maximum absolute atomic E-state index is 12.7. The van der Waals surface area contributed by atoms with Crippen LogP contribution >= 0.6 is 0 Å². The van der Waals surface area contributed by atoms with Crippen molar-refractivity contribution in [2.45, 2.75) is 32.9 Å². The molecule has 1 saturated heterocycles. The van der Waals surface area contributed by atoms with Crippen molar-refractivity contribution in [3.63, 3.8) is 0 Å². The number of methoxy groups -OCH3 is 1. The Kier molecular flexibility index (Phi) is 9.97. The summed E-state index contributed by atoms with van der Waals surface area (Å²) in [5.41, 5.74) is 1.91. The van der Waals surface area contributed by atoms with Crippen LogP contribution in [0, 0.1) is 5.92 Å². The Balaban J connectivity index is 1.45. The average molecular weight is 498 g/mol. The van der Waals surface area contributed by atoms with Crippen molar-refractivity contribution in [3.8, 4) is 5.75 Å². The second-order valence-corrected chi connectivity index (χ2v) is 8.74. The van der Waals surface area contributed by atoms with E-state index in [1.807, 2.05) is 68.4 Å². The molecule has 2 amide bonds. The van der Waals surface area contributed by atoms with Crippen molar-refractivity contribution in [2.75, 3.05) is 44.8 Å². The summed E-state index contributed by atoms with van der Waals surface area (Å²) in [6.07, 6.45) is -0.0675. The number of carbonyl (C=O) groups is 3. The summed E-state index contributed by atoms with van der Waals surface area (Å²) < 4.78 is 15.8. The fourth-order valence-electron chi connectivity index (χ4n) is 3.88. The minimum absolute atomic E-state index is 0.0932. The quantitative estimate of drug-likeness (QED) is 0.504. The Labute approximate surface area is 212 Å². The predicted octanol–water partition coefficient (Wildman–Crippen LogP) is 3.23. The first kappa shape index (κ1) is 26.8. The predicted molar refractivity (Wildman–Crippen MR) is 136 cm³/mol. The van der Waals surface area contributed by atoms with Crippen LogP contribution in [0.1, 0.15) is 25.8 Å². The molecule has 0 radical (unpaired) electrons. The van der Waals surface area contributed by atoms with Crippen LogP contribution in [0.15, 0.2) is 54.6 Å². The van der Waals surface area contributed by atoms with Gasteiger partial charge in [0.05, 0.1) is 7.11 Å². The number of carbonyl (C=O) groups excluding carboxylic acids is 3. The third kappa shape index (κ3) is 7.63. The van der Waals surface area contributed by atoms with Crippen LogP contribution in [0.2, 0.25) is 0 Å². The Morgan fingerprint density at radius 2 is 1.61 bits per heavy atom. The number of benzene rings is 2. The molecule has 3 rings (SSSR count). The Bertz CT molecular complexity index is 990. The number of alkyl carbamates (subject to hydrolysis) is 1. The van der Waals surface area contributed by atoms with Gasteiger partial charge in [0.15, 0.2) is 6.61 Å². The molecule has 2 aromatic rings. The molecule has 0 saturated carbocycles. The van der Waals surface area contributed by atoms with Gasteiger partial charge >= 0.3 is 12.1 Å². The van der Waals surface area contributed by atoms with Crippen molar-refractivity contribution in [3.05, 3.63) is 60.2 Å². The van der Waals surface area contributed by atoms with E-state index in [4.69, 9.17) is 14.2 Å². The maximum Gasteiger partial charge on any atom is 0.408 e. The van der Waals surface area contributed by atoms with E-state index in [0.29, 0.717) is 32.6 Å². The molecule has 1 heterocycles. The van der Waals surface area contributed by atoms with Crippen molar-refractivity contribution in [1.29, 1.82) is 0 Å². The molecule has 0 unspecified atom stereocenters. The number of ether oxygens (including phenoxy) is 3. The number of hydrogen-bond acceptors (Lipinski definition) is 7. The summed E-state index contributed by atoms with van der Waals surface area (Å²) in [7, 11) is 1.63. The lowest BCUT2D eigenvalue weighted by Crippen LogP contribution is -2.51. The molecule has 1 aliphatic heterocycles. The normalized spacial score (nSPS) is 15.0. The summed E-state index contributed by atoms with van der Waals surface area (Å²) in [4.78, 5) is 41.6. The highest BCUT2D eigenvalue weighted by atomic mass is 16.6. The van der Waals surface area contributed by atoms with Crippen molar-refractivity contribution in [1.82, 2.24) is 10.2 Å². The molecule has 0 bridgehead atoms. The van der Waals surface area contributed by atoms with Gasteiger partial charge in [0.25, 0.3) is 5.91 Å². The summed E-state index contributed by atoms with van der Waals surface area (Å²) in [5.74, 6) is -0.299. The van der Waals surface area contributed by atoms with Gasteiger partial charge in [-0.25, -0.2) is 9.59 Å². The van der Waals surface area contributed by atoms with E-state index in [9.17, 15) is 14.4 Å². The number of piperazine rings is 1. The van der Waals surface area contributed by atoms with Gasteiger partial charge in [0.1, 0.15) is 18.4 Å². The van der Waals surface area contributed by atoms with E-state index >= 15 is 0 Å². The van der Waals surface area contributed by atoms with Gasteiger partial charge < -0.3 is 29.3 Å². The van der Waals surface area contributed by atoms with Gasteiger partial charge in [-0.3, -0.25) is 4.79 Å². The second-order valence-electron chi connectivity index (χ2n) is 8.74. The second kappa shape index (κ2) is 13.4. The molecule has 9 heteroatoms. The molecule has 1 aliphatic rings. The van der Waals surface area contributed by atoms with Gasteiger partial charge in [0, 0.05) is 31.9 Å². The number of nitrogens with zero attached hydrogens (tertiary/aromatic N) is 2. The van der Waals surface area contributed by atoms with Crippen LogP contribution in [0.25, 0.3) is 0 Å². The van der Waals surface area contributed by atoms with Crippen molar-refractivity contribution >= 4 is 23.7 Å². The molecule has 1 N–H and O–H groups in total. The third-order valence-electron chi connectivity index (χ3n) is 6.36. The van der Waals surface area contributed by atoms with E-state index in [1.54, 1.807) is 12.0 Å². The van der Waals surface area contributed by atoms with E-state index < -0.39 is 18.1 Å². The van der Waals surface area contributed by atoms with Gasteiger partial charge in [-0.15, -0.1) is 0 Å². The molecule has 0 spiro atoms. The highest BCUT2D eigenvalue weighted by Crippen LogP contribution is 2.20. The van der Waals surface area contributed by atoms with Crippen molar-refractivity contribution < 1.29 is 28.6 Å². The van der Waals surface area contributed by atoms with E-state index in [0.717, 1.165) is 17.0 Å². The number of hydrogen-bond donors (Lipinski definition) is 1. The zero-order valence-electron chi connectivity index (χ0n) is 21.1. The molecule has 2 aromatic carbocycles. The summed E-state index contributed by atoms with van der Waals surface area (Å²) >= 11 is 0. The zero-order chi connectivity index (χ0) is 25.9. The van der Waals surface area contributed by atoms with Crippen LogP contribution in [-0.2, 0) is 25.7 Å². The minimum Gasteiger partial charge on any atom is -0.497 e. The Morgan fingerprint density at radius 3 is 2.22 bits per heavy atom. The number of rotatable bonds is 10. The van der Waals surface area contributed by atoms with E-state index in [2.05, 4.69) is 10.2 Å². The first-order chi connectivity index (χ1) is 17.4. The first-order valence-corrected chi connectivity index (χ1v) is 12.2. The van der Waals surface area contributed by atoms with Crippen LogP contribution in [0.5, 0.6) is 5.75 Å². The lowest BCUT2D eigenvalue weighted by molar-refractivity contribution is -0.154. The van der Waals surface area contributed by atoms with Gasteiger partial charge in [0.2, 0.25) is 0 Å². The first-order valence-electron chi connectivity index (χ1n) is 12.2. The monoisotopic (exact) mass is 497 g/mol. The van der Waals surface area contributed by atoms with E-state index in [1.165, 1.54) is 0 Å². The molecule has 9 nitrogen and oxygen atoms in total. The smallest absolute Gasteiger partial charge is 0.408 e. The number of amides is 2. The average Bonchev–Trinajstić information content (AvgIpc) is 2.93. The lowest BCUT2D eigenvalue weighted by atomic mass is 9.99. The minimum atomic E-state index is -0.905. The molecule has 2 atom stereocenters. The molecule has 194 valence electrons. The molecule has 36 heavy (non-hydrogen) atoms. The summed E-state index contributed by atoms with van der Waals surface area (Å²) in [6.45, 7) is 5.89. The highest BCUT2D eigenvalue weighted by Gasteiger charge is 2.29. The lowest BCUT2D eigenvalue weighted by Gasteiger charge is -2.36. The number of esters is 1. The van der Waals surface area contributed by atoms with Gasteiger partial charge in [-0.1, -0.05) is 50.6 Å². The number of anilines is 1.